The molecular formula is C32H33ClFN7. The minimum absolute atomic E-state index is 0.275. The van der Waals surface area contributed by atoms with Crippen molar-refractivity contribution in [3.8, 4) is 6.07 Å². The largest absolute Gasteiger partial charge is 0.380 e. The van der Waals surface area contributed by atoms with Gasteiger partial charge < -0.3 is 16.1 Å². The van der Waals surface area contributed by atoms with E-state index in [9.17, 15) is 9.65 Å². The molecule has 5 fully saturated rings. The molecule has 0 spiro atoms. The molecule has 7 nitrogen and oxygen atoms in total. The van der Waals surface area contributed by atoms with E-state index in [4.69, 9.17) is 11.6 Å². The van der Waals surface area contributed by atoms with Crippen LogP contribution in [0.15, 0.2) is 54.5 Å². The normalized spacial score (nSPS) is 28.8. The number of benzene rings is 2. The Labute approximate surface area is 244 Å². The van der Waals surface area contributed by atoms with Crippen molar-refractivity contribution in [3.63, 3.8) is 0 Å². The fraction of sp³-hybridized carbons (Fsp3) is 0.438. The lowest BCUT2D eigenvalue weighted by Gasteiger charge is -2.54. The predicted molar refractivity (Wildman–Crippen MR) is 158 cm³/mol. The summed E-state index contributed by atoms with van der Waals surface area (Å²) in [6.45, 7) is 0. The van der Waals surface area contributed by atoms with E-state index in [1.165, 1.54) is 44.2 Å². The van der Waals surface area contributed by atoms with Gasteiger partial charge in [-0.3, -0.25) is 9.99 Å². The number of aromatic nitrogens is 1. The lowest BCUT2D eigenvalue weighted by atomic mass is 9.54. The molecule has 4 bridgehead atoms. The van der Waals surface area contributed by atoms with E-state index < -0.39 is 0 Å². The van der Waals surface area contributed by atoms with Gasteiger partial charge in [0.1, 0.15) is 11.9 Å². The third kappa shape index (κ3) is 4.56. The van der Waals surface area contributed by atoms with Gasteiger partial charge in [-0.25, -0.2) is 4.39 Å². The summed E-state index contributed by atoms with van der Waals surface area (Å²) in [6, 6.07) is 13.4. The summed E-state index contributed by atoms with van der Waals surface area (Å²) in [6.07, 6.45) is 12.6. The maximum atomic E-state index is 13.8. The van der Waals surface area contributed by atoms with Gasteiger partial charge in [0.25, 0.3) is 0 Å². The number of halogens is 2. The summed E-state index contributed by atoms with van der Waals surface area (Å²) < 4.78 is 13.8. The highest BCUT2D eigenvalue weighted by molar-refractivity contribution is 6.35. The van der Waals surface area contributed by atoms with Gasteiger partial charge in [0.2, 0.25) is 0 Å². The first-order valence-corrected chi connectivity index (χ1v) is 15.2. The number of nitriles is 1. The SMILES string of the molecule is N#Cc1cnc2c(Cl)cc(NC(C3=CN(C4CC4)NN3)c3ccc(F)cc3)cc2c1NC1C2CC3CC(C2)CC1C3. The Bertz CT molecular complexity index is 1550. The Kier molecular flexibility index (Phi) is 6.01. The summed E-state index contributed by atoms with van der Waals surface area (Å²) in [5.41, 5.74) is 11.2. The van der Waals surface area contributed by atoms with Crippen molar-refractivity contribution in [2.75, 3.05) is 10.6 Å². The van der Waals surface area contributed by atoms with Crippen molar-refractivity contribution in [1.82, 2.24) is 21.0 Å². The Hall–Kier alpha value is -3.54. The van der Waals surface area contributed by atoms with Crippen LogP contribution in [-0.2, 0) is 0 Å². The maximum absolute atomic E-state index is 13.8. The van der Waals surface area contributed by atoms with Crippen molar-refractivity contribution >= 4 is 33.9 Å². The molecule has 2 aromatic carbocycles. The molecule has 9 rings (SSSR count). The lowest BCUT2D eigenvalue weighted by molar-refractivity contribution is 0.00757. The zero-order valence-electron chi connectivity index (χ0n) is 22.7. The van der Waals surface area contributed by atoms with E-state index in [0.29, 0.717) is 40.0 Å². The molecule has 210 valence electrons. The number of pyridine rings is 1. The van der Waals surface area contributed by atoms with Crippen LogP contribution < -0.4 is 21.6 Å². The highest BCUT2D eigenvalue weighted by Crippen LogP contribution is 2.54. The Morgan fingerprint density at radius 2 is 1.78 bits per heavy atom. The number of hydrogen-bond acceptors (Lipinski definition) is 7. The number of hydrazine groups is 2. The summed E-state index contributed by atoms with van der Waals surface area (Å²) >= 11 is 6.86. The number of rotatable bonds is 7. The van der Waals surface area contributed by atoms with Crippen LogP contribution in [0.4, 0.5) is 15.8 Å². The first kappa shape index (κ1) is 25.2. The van der Waals surface area contributed by atoms with Gasteiger partial charge in [-0.1, -0.05) is 23.7 Å². The van der Waals surface area contributed by atoms with Gasteiger partial charge in [0.05, 0.1) is 33.5 Å². The zero-order chi connectivity index (χ0) is 27.7. The van der Waals surface area contributed by atoms with Crippen LogP contribution in [0.5, 0.6) is 0 Å². The molecule has 5 saturated carbocycles. The molecule has 5 aliphatic carbocycles. The predicted octanol–water partition coefficient (Wildman–Crippen LogP) is 6.62. The summed E-state index contributed by atoms with van der Waals surface area (Å²) in [7, 11) is 0. The monoisotopic (exact) mass is 569 g/mol. The number of fused-ring (bicyclic) bond motifs is 1. The Morgan fingerprint density at radius 1 is 1.05 bits per heavy atom. The van der Waals surface area contributed by atoms with Crippen LogP contribution in [0.1, 0.15) is 62.1 Å². The van der Waals surface area contributed by atoms with Gasteiger partial charge in [-0.05, 0) is 98.4 Å². The molecule has 41 heavy (non-hydrogen) atoms. The number of nitrogens with zero attached hydrogens (tertiary/aromatic N) is 3. The summed E-state index contributed by atoms with van der Waals surface area (Å²) in [4.78, 5) is 4.59. The van der Waals surface area contributed by atoms with Gasteiger partial charge in [-0.2, -0.15) is 5.26 Å². The topological polar surface area (TPSA) is 88.0 Å². The molecule has 1 atom stereocenters. The van der Waals surface area contributed by atoms with Crippen LogP contribution in [0.2, 0.25) is 5.02 Å². The molecule has 1 unspecified atom stereocenters. The van der Waals surface area contributed by atoms with E-state index in [1.54, 1.807) is 18.3 Å². The highest BCUT2D eigenvalue weighted by Gasteiger charge is 2.48. The van der Waals surface area contributed by atoms with E-state index in [0.717, 1.165) is 52.7 Å². The Morgan fingerprint density at radius 3 is 2.46 bits per heavy atom. The van der Waals surface area contributed by atoms with Gasteiger partial charge in [0.15, 0.2) is 0 Å². The second kappa shape index (κ2) is 9.78. The van der Waals surface area contributed by atoms with Crippen molar-refractivity contribution < 1.29 is 4.39 Å². The second-order valence-corrected chi connectivity index (χ2v) is 13.1. The van der Waals surface area contributed by atoms with E-state index in [2.05, 4.69) is 43.9 Å². The first-order chi connectivity index (χ1) is 20.0. The molecule has 3 aromatic rings. The maximum Gasteiger partial charge on any atom is 0.123 e. The van der Waals surface area contributed by atoms with Gasteiger partial charge in [0, 0.05) is 35.6 Å². The van der Waals surface area contributed by atoms with Crippen LogP contribution >= 0.6 is 11.6 Å². The first-order valence-electron chi connectivity index (χ1n) is 14.8. The Balaban J connectivity index is 1.17. The van der Waals surface area contributed by atoms with Crippen LogP contribution in [0.25, 0.3) is 10.9 Å². The minimum atomic E-state index is -0.284. The van der Waals surface area contributed by atoms with Crippen LogP contribution in [0, 0.1) is 40.8 Å². The molecule has 9 heteroatoms. The second-order valence-electron chi connectivity index (χ2n) is 12.7. The van der Waals surface area contributed by atoms with Crippen molar-refractivity contribution in [1.29, 1.82) is 5.26 Å². The van der Waals surface area contributed by atoms with Crippen molar-refractivity contribution in [3.05, 3.63) is 76.5 Å². The average Bonchev–Trinajstić information content (AvgIpc) is 3.70. The molecule has 1 aromatic heterocycles. The number of anilines is 2. The smallest absolute Gasteiger partial charge is 0.123 e. The van der Waals surface area contributed by atoms with Crippen LogP contribution in [0.3, 0.4) is 0 Å². The summed E-state index contributed by atoms with van der Waals surface area (Å²) in [5.74, 6) is 2.78. The number of hydrogen-bond donors (Lipinski definition) is 4. The summed E-state index contributed by atoms with van der Waals surface area (Å²) in [5, 5.41) is 21.1. The molecule has 1 aliphatic heterocycles. The van der Waals surface area contributed by atoms with Crippen LogP contribution in [-0.4, -0.2) is 22.1 Å². The molecule has 0 saturated heterocycles. The third-order valence-electron chi connectivity index (χ3n) is 9.96. The van der Waals surface area contributed by atoms with E-state index >= 15 is 0 Å². The minimum Gasteiger partial charge on any atom is -0.380 e. The molecular weight excluding hydrogens is 537 g/mol. The van der Waals surface area contributed by atoms with Crippen molar-refractivity contribution in [2.24, 2.45) is 23.7 Å². The highest BCUT2D eigenvalue weighted by atomic mass is 35.5. The molecule has 0 radical (unpaired) electrons. The van der Waals surface area contributed by atoms with E-state index in [1.807, 2.05) is 12.1 Å². The lowest BCUT2D eigenvalue weighted by Crippen LogP contribution is -2.51. The standard InChI is InChI=1S/C32H33ClFN7/c33-27-13-24(37-31(19-1-3-23(34)4-2-19)28-16-41(40-39-28)25-5-6-25)12-26-30(22(14-35)15-36-32(26)27)38-29-20-8-17-7-18(10-20)11-21(29)9-17/h1-4,12-13,15-18,20-21,25,29,31,37,39-40H,5-11H2,(H,36,38). The molecule has 6 aliphatic rings. The van der Waals surface area contributed by atoms with Crippen molar-refractivity contribution in [2.45, 2.75) is 63.1 Å². The van der Waals surface area contributed by atoms with Gasteiger partial charge >= 0.3 is 0 Å². The average molecular weight is 570 g/mol. The zero-order valence-corrected chi connectivity index (χ0v) is 23.5. The fourth-order valence-corrected chi connectivity index (χ4v) is 8.38. The van der Waals surface area contributed by atoms with Gasteiger partial charge in [-0.15, -0.1) is 5.53 Å². The van der Waals surface area contributed by atoms with E-state index in [-0.39, 0.29) is 11.9 Å². The fourth-order valence-electron chi connectivity index (χ4n) is 8.11. The number of nitrogens with one attached hydrogen (secondary N) is 4. The molecule has 4 N–H and O–H groups in total. The third-order valence-corrected chi connectivity index (χ3v) is 10.2. The molecule has 0 amide bonds. The quantitative estimate of drug-likeness (QED) is 0.254. The molecule has 2 heterocycles.